The van der Waals surface area contributed by atoms with Crippen molar-refractivity contribution in [2.75, 3.05) is 0 Å². The van der Waals surface area contributed by atoms with Crippen molar-refractivity contribution in [1.82, 2.24) is 0 Å². The fourth-order valence-corrected chi connectivity index (χ4v) is 1.43. The minimum atomic E-state index is -0.844. The van der Waals surface area contributed by atoms with Crippen molar-refractivity contribution >= 4 is 35.7 Å². The number of nitrogens with zero attached hydrogens (tertiary/aromatic N) is 2. The summed E-state index contributed by atoms with van der Waals surface area (Å²) >= 11 is 0. The zero-order chi connectivity index (χ0) is 14.9. The van der Waals surface area contributed by atoms with Crippen LogP contribution in [0.5, 0.6) is 0 Å². The largest absolute Gasteiger partial charge is 0.384 e. The van der Waals surface area contributed by atoms with Gasteiger partial charge in [-0.2, -0.15) is 0 Å². The van der Waals surface area contributed by atoms with Gasteiger partial charge in [-0.15, -0.1) is 0 Å². The molecular weight excluding hydrogens is 268 g/mol. The summed E-state index contributed by atoms with van der Waals surface area (Å²) in [6, 6.07) is 17.7. The number of hydrogen-bond acceptors (Lipinski definition) is 5. The molecule has 2 rings (SSSR count). The summed E-state index contributed by atoms with van der Waals surface area (Å²) in [4.78, 5) is 30.5. The van der Waals surface area contributed by atoms with Crippen molar-refractivity contribution in [2.24, 2.45) is 9.98 Å². The van der Waals surface area contributed by atoms with Crippen molar-refractivity contribution < 1.29 is 14.3 Å². The van der Waals surface area contributed by atoms with Crippen LogP contribution in [0, 0.1) is 0 Å². The Morgan fingerprint density at radius 2 is 1.10 bits per heavy atom. The molecule has 5 heteroatoms. The Morgan fingerprint density at radius 3 is 1.48 bits per heavy atom. The van der Waals surface area contributed by atoms with Crippen LogP contribution in [0.25, 0.3) is 0 Å². The van der Waals surface area contributed by atoms with E-state index in [4.69, 9.17) is 0 Å². The number of benzene rings is 2. The second kappa shape index (κ2) is 7.49. The highest BCUT2D eigenvalue weighted by molar-refractivity contribution is 6.33. The van der Waals surface area contributed by atoms with E-state index in [0.717, 1.165) is 12.4 Å². The van der Waals surface area contributed by atoms with Gasteiger partial charge in [-0.1, -0.05) is 36.4 Å². The third-order valence-corrected chi connectivity index (χ3v) is 2.35. The number of rotatable bonds is 4. The van der Waals surface area contributed by atoms with Crippen molar-refractivity contribution in [2.45, 2.75) is 0 Å². The zero-order valence-electron chi connectivity index (χ0n) is 11.0. The summed E-state index contributed by atoms with van der Waals surface area (Å²) in [6.07, 6.45) is 1.90. The molecule has 0 amide bonds. The molecule has 0 saturated carbocycles. The predicted molar refractivity (Wildman–Crippen MR) is 80.3 cm³/mol. The van der Waals surface area contributed by atoms with Crippen LogP contribution < -0.4 is 0 Å². The molecule has 104 valence electrons. The summed E-state index contributed by atoms with van der Waals surface area (Å²) in [6.45, 7) is 0. The zero-order valence-corrected chi connectivity index (χ0v) is 11.0. The molecule has 21 heavy (non-hydrogen) atoms. The van der Waals surface area contributed by atoms with Crippen LogP contribution in [0.3, 0.4) is 0 Å². The van der Waals surface area contributed by atoms with Crippen molar-refractivity contribution in [3.05, 3.63) is 60.7 Å². The average molecular weight is 280 g/mol. The minimum absolute atomic E-state index is 0.597. The fourth-order valence-electron chi connectivity index (χ4n) is 1.43. The number of hydrogen-bond donors (Lipinski definition) is 0. The van der Waals surface area contributed by atoms with E-state index in [9.17, 15) is 9.59 Å². The molecule has 0 N–H and O–H groups in total. The van der Waals surface area contributed by atoms with Gasteiger partial charge in [0.25, 0.3) is 0 Å². The second-order valence-electron chi connectivity index (χ2n) is 3.93. The van der Waals surface area contributed by atoms with E-state index in [1.54, 1.807) is 48.5 Å². The predicted octanol–water partition coefficient (Wildman–Crippen LogP) is 2.86. The summed E-state index contributed by atoms with van der Waals surface area (Å²) in [7, 11) is 0. The normalized spacial score (nSPS) is 10.9. The first-order valence-corrected chi connectivity index (χ1v) is 6.18. The standard InChI is InChI=1S/C16H12N2O3/c19-15(11-17-13-7-3-1-4-8-13)21-16(20)12-18-14-9-5-2-6-10-14/h1-12H. The fraction of sp³-hybridized carbons (Fsp3) is 0. The molecule has 0 aliphatic heterocycles. The van der Waals surface area contributed by atoms with Gasteiger partial charge in [0.05, 0.1) is 11.4 Å². The Bertz CT molecular complexity index is 605. The smallest absolute Gasteiger partial charge is 0.357 e. The Kier molecular flexibility index (Phi) is 5.11. The van der Waals surface area contributed by atoms with E-state index >= 15 is 0 Å². The van der Waals surface area contributed by atoms with Crippen molar-refractivity contribution in [1.29, 1.82) is 0 Å². The average Bonchev–Trinajstić information content (AvgIpc) is 2.53. The first-order valence-electron chi connectivity index (χ1n) is 6.18. The van der Waals surface area contributed by atoms with E-state index in [1.165, 1.54) is 0 Å². The van der Waals surface area contributed by atoms with E-state index in [-0.39, 0.29) is 0 Å². The molecule has 0 aliphatic rings. The van der Waals surface area contributed by atoms with Gasteiger partial charge in [-0.05, 0) is 24.3 Å². The van der Waals surface area contributed by atoms with Crippen LogP contribution in [0.15, 0.2) is 70.6 Å². The van der Waals surface area contributed by atoms with E-state index in [0.29, 0.717) is 11.4 Å². The van der Waals surface area contributed by atoms with Gasteiger partial charge in [-0.3, -0.25) is 0 Å². The molecule has 5 nitrogen and oxygen atoms in total. The number of aliphatic imine (C=N–C) groups is 2. The van der Waals surface area contributed by atoms with Crippen LogP contribution >= 0.6 is 0 Å². The SMILES string of the molecule is O=C(C=Nc1ccccc1)OC(=O)C=Nc1ccccc1. The number of esters is 2. The first kappa shape index (κ1) is 14.3. The molecule has 0 atom stereocenters. The third-order valence-electron chi connectivity index (χ3n) is 2.35. The van der Waals surface area contributed by atoms with Gasteiger partial charge in [0.2, 0.25) is 0 Å². The molecule has 0 fully saturated rings. The van der Waals surface area contributed by atoms with E-state index in [2.05, 4.69) is 14.7 Å². The summed E-state index contributed by atoms with van der Waals surface area (Å²) in [5, 5.41) is 0. The maximum Gasteiger partial charge on any atom is 0.357 e. The number of carbonyl (C=O) groups is 2. The van der Waals surface area contributed by atoms with E-state index < -0.39 is 11.9 Å². The van der Waals surface area contributed by atoms with Crippen LogP contribution in [0.1, 0.15) is 0 Å². The summed E-state index contributed by atoms with van der Waals surface area (Å²) in [5.74, 6) is -1.69. The lowest BCUT2D eigenvalue weighted by Crippen LogP contribution is -2.13. The highest BCUT2D eigenvalue weighted by atomic mass is 16.6. The minimum Gasteiger partial charge on any atom is -0.384 e. The summed E-state index contributed by atoms with van der Waals surface area (Å²) < 4.78 is 4.52. The number of ether oxygens (including phenoxy) is 1. The molecule has 2 aromatic rings. The number of para-hydroxylation sites is 2. The van der Waals surface area contributed by atoms with Gasteiger partial charge in [0, 0.05) is 0 Å². The first-order chi connectivity index (χ1) is 10.2. The quantitative estimate of drug-likeness (QED) is 0.491. The van der Waals surface area contributed by atoms with Gasteiger partial charge >= 0.3 is 11.9 Å². The van der Waals surface area contributed by atoms with Gasteiger partial charge < -0.3 is 4.74 Å². The van der Waals surface area contributed by atoms with Crippen molar-refractivity contribution in [3.8, 4) is 0 Å². The Morgan fingerprint density at radius 1 is 0.714 bits per heavy atom. The Hall–Kier alpha value is -3.08. The second-order valence-corrected chi connectivity index (χ2v) is 3.93. The van der Waals surface area contributed by atoms with Crippen LogP contribution in [-0.2, 0) is 14.3 Å². The highest BCUT2D eigenvalue weighted by Gasteiger charge is 2.05. The summed E-state index contributed by atoms with van der Waals surface area (Å²) in [5.41, 5.74) is 1.19. The lowest BCUT2D eigenvalue weighted by atomic mass is 10.3. The topological polar surface area (TPSA) is 68.1 Å². The molecular formula is C16H12N2O3. The maximum absolute atomic E-state index is 11.4. The van der Waals surface area contributed by atoms with Gasteiger partial charge in [0.15, 0.2) is 0 Å². The monoisotopic (exact) mass is 280 g/mol. The van der Waals surface area contributed by atoms with Crippen molar-refractivity contribution in [3.63, 3.8) is 0 Å². The molecule has 0 aliphatic carbocycles. The lowest BCUT2D eigenvalue weighted by Gasteiger charge is -1.95. The molecule has 2 aromatic carbocycles. The van der Waals surface area contributed by atoms with Crippen LogP contribution in [0.4, 0.5) is 11.4 Å². The van der Waals surface area contributed by atoms with Gasteiger partial charge in [0.1, 0.15) is 12.4 Å². The number of carbonyl (C=O) groups excluding carboxylic acids is 2. The third kappa shape index (κ3) is 5.20. The van der Waals surface area contributed by atoms with Crippen LogP contribution in [-0.4, -0.2) is 24.4 Å². The lowest BCUT2D eigenvalue weighted by molar-refractivity contribution is -0.149. The molecule has 0 unspecified atom stereocenters. The highest BCUT2D eigenvalue weighted by Crippen LogP contribution is 2.09. The molecule has 0 radical (unpaired) electrons. The maximum atomic E-state index is 11.4. The molecule has 0 aromatic heterocycles. The van der Waals surface area contributed by atoms with Gasteiger partial charge in [-0.25, -0.2) is 19.6 Å². The Balaban J connectivity index is 1.87. The van der Waals surface area contributed by atoms with Crippen LogP contribution in [0.2, 0.25) is 0 Å². The molecule has 0 bridgehead atoms. The molecule has 0 heterocycles. The van der Waals surface area contributed by atoms with E-state index in [1.807, 2.05) is 12.1 Å². The Labute approximate surface area is 121 Å². The molecule has 0 spiro atoms. The molecule has 0 saturated heterocycles.